The van der Waals surface area contributed by atoms with E-state index >= 15 is 0 Å². The first kappa shape index (κ1) is 14.8. The molecule has 5 heteroatoms. The van der Waals surface area contributed by atoms with Gasteiger partial charge in [-0.2, -0.15) is 0 Å². The second-order valence-electron chi connectivity index (χ2n) is 5.62. The lowest BCUT2D eigenvalue weighted by molar-refractivity contribution is -0.124. The molecule has 2 fully saturated rings. The lowest BCUT2D eigenvalue weighted by atomic mass is 10.1. The van der Waals surface area contributed by atoms with Gasteiger partial charge in [0.2, 0.25) is 5.91 Å². The minimum absolute atomic E-state index is 0.128. The van der Waals surface area contributed by atoms with Crippen LogP contribution in [0.2, 0.25) is 0 Å². The Bertz CT molecular complexity index is 280. The van der Waals surface area contributed by atoms with Crippen molar-refractivity contribution in [1.82, 2.24) is 5.32 Å². The molecule has 5 nitrogen and oxygen atoms in total. The zero-order chi connectivity index (χ0) is 13.5. The van der Waals surface area contributed by atoms with Crippen LogP contribution >= 0.6 is 0 Å². The minimum atomic E-state index is 0.128. The summed E-state index contributed by atoms with van der Waals surface area (Å²) in [6.45, 7) is 2.93. The fraction of sp³-hybridized carbons (Fsp3) is 0.929. The van der Waals surface area contributed by atoms with E-state index in [0.29, 0.717) is 19.8 Å². The standard InChI is InChI=1S/C14H26N2O3/c15-12-5-4-11(9-12)14(17)16-6-2-7-18-10-13-3-1-8-19-13/h11-13H,1-10,15H2,(H,16,17). The molecule has 0 radical (unpaired) electrons. The van der Waals surface area contributed by atoms with Crippen molar-refractivity contribution in [2.24, 2.45) is 11.7 Å². The highest BCUT2D eigenvalue weighted by atomic mass is 16.5. The average Bonchev–Trinajstić information content (AvgIpc) is 3.04. The molecule has 1 aliphatic heterocycles. The van der Waals surface area contributed by atoms with Crippen LogP contribution in [-0.2, 0) is 14.3 Å². The zero-order valence-corrected chi connectivity index (χ0v) is 11.6. The fourth-order valence-electron chi connectivity index (χ4n) is 2.78. The third-order valence-corrected chi connectivity index (χ3v) is 3.94. The van der Waals surface area contributed by atoms with Crippen molar-refractivity contribution < 1.29 is 14.3 Å². The van der Waals surface area contributed by atoms with E-state index in [1.165, 1.54) is 0 Å². The molecule has 19 heavy (non-hydrogen) atoms. The second-order valence-corrected chi connectivity index (χ2v) is 5.62. The van der Waals surface area contributed by atoms with Crippen molar-refractivity contribution in [2.75, 3.05) is 26.4 Å². The van der Waals surface area contributed by atoms with E-state index in [1.54, 1.807) is 0 Å². The Labute approximate surface area is 115 Å². The number of hydrogen-bond donors (Lipinski definition) is 2. The first-order valence-electron chi connectivity index (χ1n) is 7.48. The molecule has 0 bridgehead atoms. The number of hydrogen-bond acceptors (Lipinski definition) is 4. The first-order valence-corrected chi connectivity index (χ1v) is 7.48. The van der Waals surface area contributed by atoms with Crippen molar-refractivity contribution in [3.05, 3.63) is 0 Å². The quantitative estimate of drug-likeness (QED) is 0.672. The van der Waals surface area contributed by atoms with E-state index < -0.39 is 0 Å². The summed E-state index contributed by atoms with van der Waals surface area (Å²) in [7, 11) is 0. The average molecular weight is 270 g/mol. The van der Waals surface area contributed by atoms with Gasteiger partial charge in [-0.3, -0.25) is 4.79 Å². The second kappa shape index (κ2) is 7.82. The normalized spacial score (nSPS) is 30.7. The predicted molar refractivity (Wildman–Crippen MR) is 72.7 cm³/mol. The van der Waals surface area contributed by atoms with Gasteiger partial charge in [0.25, 0.3) is 0 Å². The first-order chi connectivity index (χ1) is 9.25. The molecule has 3 N–H and O–H groups in total. The van der Waals surface area contributed by atoms with E-state index in [0.717, 1.165) is 45.1 Å². The van der Waals surface area contributed by atoms with E-state index in [1.807, 2.05) is 0 Å². The Balaban J connectivity index is 1.44. The summed E-state index contributed by atoms with van der Waals surface area (Å²) in [6.07, 6.45) is 6.14. The van der Waals surface area contributed by atoms with E-state index in [4.69, 9.17) is 15.2 Å². The lowest BCUT2D eigenvalue weighted by Crippen LogP contribution is -2.31. The van der Waals surface area contributed by atoms with Gasteiger partial charge in [-0.1, -0.05) is 0 Å². The molecule has 2 aliphatic rings. The molecule has 1 aliphatic carbocycles. The lowest BCUT2D eigenvalue weighted by Gasteiger charge is -2.12. The zero-order valence-electron chi connectivity index (χ0n) is 11.6. The van der Waals surface area contributed by atoms with Crippen molar-refractivity contribution in [1.29, 1.82) is 0 Å². The van der Waals surface area contributed by atoms with Gasteiger partial charge in [-0.15, -0.1) is 0 Å². The van der Waals surface area contributed by atoms with Crippen LogP contribution < -0.4 is 11.1 Å². The maximum atomic E-state index is 11.8. The Morgan fingerprint density at radius 3 is 2.95 bits per heavy atom. The van der Waals surface area contributed by atoms with Crippen molar-refractivity contribution >= 4 is 5.91 Å². The van der Waals surface area contributed by atoms with Crippen molar-refractivity contribution in [3.63, 3.8) is 0 Å². The summed E-state index contributed by atoms with van der Waals surface area (Å²) in [5, 5.41) is 2.97. The highest BCUT2D eigenvalue weighted by molar-refractivity contribution is 5.78. The third-order valence-electron chi connectivity index (χ3n) is 3.94. The van der Waals surface area contributed by atoms with Crippen molar-refractivity contribution in [2.45, 2.75) is 50.7 Å². The summed E-state index contributed by atoms with van der Waals surface area (Å²) >= 11 is 0. The molecular formula is C14H26N2O3. The maximum Gasteiger partial charge on any atom is 0.223 e. The van der Waals surface area contributed by atoms with Gasteiger partial charge < -0.3 is 20.5 Å². The van der Waals surface area contributed by atoms with Gasteiger partial charge in [0.05, 0.1) is 12.7 Å². The molecule has 0 aromatic rings. The molecular weight excluding hydrogens is 244 g/mol. The van der Waals surface area contributed by atoms with Gasteiger partial charge in [0, 0.05) is 31.7 Å². The topological polar surface area (TPSA) is 73.6 Å². The highest BCUT2D eigenvalue weighted by Crippen LogP contribution is 2.23. The number of carbonyl (C=O) groups excluding carboxylic acids is 1. The van der Waals surface area contributed by atoms with Crippen LogP contribution in [0, 0.1) is 5.92 Å². The smallest absolute Gasteiger partial charge is 0.223 e. The van der Waals surface area contributed by atoms with E-state index in [9.17, 15) is 4.79 Å². The number of amides is 1. The summed E-state index contributed by atoms with van der Waals surface area (Å²) in [4.78, 5) is 11.8. The van der Waals surface area contributed by atoms with Crippen LogP contribution in [0.15, 0.2) is 0 Å². The number of carbonyl (C=O) groups is 1. The molecule has 2 rings (SSSR count). The fourth-order valence-corrected chi connectivity index (χ4v) is 2.78. The molecule has 0 aromatic heterocycles. The number of nitrogens with one attached hydrogen (secondary N) is 1. The number of nitrogens with two attached hydrogens (primary N) is 1. The summed E-state index contributed by atoms with van der Waals surface area (Å²) in [5.41, 5.74) is 5.81. The van der Waals surface area contributed by atoms with Crippen LogP contribution in [0.25, 0.3) is 0 Å². The number of rotatable bonds is 7. The van der Waals surface area contributed by atoms with Gasteiger partial charge in [-0.05, 0) is 38.5 Å². The predicted octanol–water partition coefficient (Wildman–Crippen LogP) is 0.816. The van der Waals surface area contributed by atoms with Crippen LogP contribution in [0.5, 0.6) is 0 Å². The van der Waals surface area contributed by atoms with Gasteiger partial charge in [0.15, 0.2) is 0 Å². The van der Waals surface area contributed by atoms with Crippen LogP contribution in [-0.4, -0.2) is 44.4 Å². The molecule has 3 atom stereocenters. The van der Waals surface area contributed by atoms with Gasteiger partial charge >= 0.3 is 0 Å². The molecule has 1 heterocycles. The largest absolute Gasteiger partial charge is 0.379 e. The maximum absolute atomic E-state index is 11.8. The molecule has 3 unspecified atom stereocenters. The summed E-state index contributed by atoms with van der Waals surface area (Å²) in [6, 6.07) is 0.213. The molecule has 0 aromatic carbocycles. The Morgan fingerprint density at radius 1 is 1.37 bits per heavy atom. The minimum Gasteiger partial charge on any atom is -0.379 e. The van der Waals surface area contributed by atoms with Gasteiger partial charge in [-0.25, -0.2) is 0 Å². The molecule has 0 spiro atoms. The van der Waals surface area contributed by atoms with E-state index in [-0.39, 0.29) is 24.0 Å². The van der Waals surface area contributed by atoms with Crippen molar-refractivity contribution in [3.8, 4) is 0 Å². The highest BCUT2D eigenvalue weighted by Gasteiger charge is 2.27. The molecule has 1 amide bonds. The van der Waals surface area contributed by atoms with E-state index in [2.05, 4.69) is 5.32 Å². The third kappa shape index (κ3) is 5.09. The number of ether oxygens (including phenoxy) is 2. The molecule has 1 saturated carbocycles. The summed E-state index contributed by atoms with van der Waals surface area (Å²) < 4.78 is 11.0. The summed E-state index contributed by atoms with van der Waals surface area (Å²) in [5.74, 6) is 0.287. The van der Waals surface area contributed by atoms with Crippen LogP contribution in [0.1, 0.15) is 38.5 Å². The SMILES string of the molecule is NC1CCC(C(=O)NCCCOCC2CCCO2)C1. The Kier molecular flexibility index (Phi) is 6.07. The Morgan fingerprint density at radius 2 is 2.26 bits per heavy atom. The van der Waals surface area contributed by atoms with Crippen LogP contribution in [0.4, 0.5) is 0 Å². The molecule has 1 saturated heterocycles. The monoisotopic (exact) mass is 270 g/mol. The van der Waals surface area contributed by atoms with Crippen LogP contribution in [0.3, 0.4) is 0 Å². The molecule has 110 valence electrons. The van der Waals surface area contributed by atoms with Gasteiger partial charge in [0.1, 0.15) is 0 Å². The Hall–Kier alpha value is -0.650.